The Morgan fingerprint density at radius 2 is 2.25 bits per heavy atom. The molecule has 0 spiro atoms. The maximum absolute atomic E-state index is 4.59. The maximum Gasteiger partial charge on any atom is 0.234 e. The quantitative estimate of drug-likeness (QED) is 0.700. The highest BCUT2D eigenvalue weighted by atomic mass is 32.1. The van der Waals surface area contributed by atoms with Crippen molar-refractivity contribution in [3.63, 3.8) is 0 Å². The first-order valence-corrected chi connectivity index (χ1v) is 6.92. The minimum absolute atomic E-state index is 0.590. The molecule has 1 aliphatic carbocycles. The van der Waals surface area contributed by atoms with E-state index >= 15 is 0 Å². The van der Waals surface area contributed by atoms with Crippen LogP contribution in [0.3, 0.4) is 0 Å². The fraction of sp³-hybridized carbons (Fsp3) is 0.300. The predicted molar refractivity (Wildman–Crippen MR) is 63.9 cm³/mol. The predicted octanol–water partition coefficient (Wildman–Crippen LogP) is 2.79. The van der Waals surface area contributed by atoms with E-state index in [0.29, 0.717) is 5.92 Å². The van der Waals surface area contributed by atoms with Crippen LogP contribution in [0.5, 0.6) is 0 Å². The molecule has 0 saturated heterocycles. The smallest absolute Gasteiger partial charge is 0.187 e. The van der Waals surface area contributed by atoms with Crippen LogP contribution in [0.15, 0.2) is 16.8 Å². The summed E-state index contributed by atoms with van der Waals surface area (Å²) in [6.07, 6.45) is 2.46. The zero-order chi connectivity index (χ0) is 10.5. The largest absolute Gasteiger partial charge is 0.234 e. The minimum Gasteiger partial charge on any atom is -0.187 e. The van der Waals surface area contributed by atoms with Gasteiger partial charge in [-0.15, -0.1) is 10.2 Å². The van der Waals surface area contributed by atoms with Crippen LogP contribution >= 0.6 is 22.7 Å². The van der Waals surface area contributed by atoms with E-state index in [1.807, 2.05) is 4.52 Å². The first-order valence-electron chi connectivity index (χ1n) is 5.16. The number of thiophene rings is 1. The van der Waals surface area contributed by atoms with E-state index in [1.54, 1.807) is 22.7 Å². The fourth-order valence-electron chi connectivity index (χ4n) is 1.73. The second-order valence-electron chi connectivity index (χ2n) is 3.95. The molecule has 4 rings (SSSR count). The highest BCUT2D eigenvalue weighted by Gasteiger charge is 2.30. The van der Waals surface area contributed by atoms with Crippen molar-refractivity contribution < 1.29 is 0 Å². The standard InChI is InChI=1S/C10H8N4S2/c1-2-6(1)8-11-12-10-14(8)13-9(16-10)7-3-4-15-5-7/h3-6H,1-2H2. The molecule has 0 atom stereocenters. The molecule has 0 bridgehead atoms. The van der Waals surface area contributed by atoms with Gasteiger partial charge in [0.05, 0.1) is 0 Å². The summed E-state index contributed by atoms with van der Waals surface area (Å²) < 4.78 is 1.91. The van der Waals surface area contributed by atoms with Gasteiger partial charge >= 0.3 is 0 Å². The minimum atomic E-state index is 0.590. The van der Waals surface area contributed by atoms with Crippen LogP contribution in [0.1, 0.15) is 24.6 Å². The summed E-state index contributed by atoms with van der Waals surface area (Å²) in [7, 11) is 0. The third kappa shape index (κ3) is 1.23. The number of rotatable bonds is 2. The molecular formula is C10H8N4S2. The lowest BCUT2D eigenvalue weighted by Gasteiger charge is -1.89. The monoisotopic (exact) mass is 248 g/mol. The van der Waals surface area contributed by atoms with Crippen molar-refractivity contribution in [3.05, 3.63) is 22.7 Å². The van der Waals surface area contributed by atoms with Crippen molar-refractivity contribution in [2.45, 2.75) is 18.8 Å². The van der Waals surface area contributed by atoms with Crippen LogP contribution in [-0.2, 0) is 0 Å². The Morgan fingerprint density at radius 3 is 3.00 bits per heavy atom. The van der Waals surface area contributed by atoms with Crippen molar-refractivity contribution in [1.29, 1.82) is 0 Å². The van der Waals surface area contributed by atoms with Crippen molar-refractivity contribution in [2.24, 2.45) is 0 Å². The van der Waals surface area contributed by atoms with Crippen molar-refractivity contribution in [1.82, 2.24) is 19.8 Å². The number of aromatic nitrogens is 4. The molecule has 0 aromatic carbocycles. The Morgan fingerprint density at radius 1 is 1.31 bits per heavy atom. The molecule has 3 aromatic heterocycles. The zero-order valence-electron chi connectivity index (χ0n) is 8.33. The number of hydrogen-bond donors (Lipinski definition) is 0. The molecule has 1 saturated carbocycles. The summed E-state index contributed by atoms with van der Waals surface area (Å²) in [5.74, 6) is 1.63. The topological polar surface area (TPSA) is 43.1 Å². The Kier molecular flexibility index (Phi) is 1.72. The number of nitrogens with zero attached hydrogens (tertiary/aromatic N) is 4. The third-order valence-electron chi connectivity index (χ3n) is 2.73. The van der Waals surface area contributed by atoms with Gasteiger partial charge in [0.25, 0.3) is 0 Å². The van der Waals surface area contributed by atoms with E-state index in [9.17, 15) is 0 Å². The van der Waals surface area contributed by atoms with Gasteiger partial charge in [-0.2, -0.15) is 21.0 Å². The fourth-order valence-corrected chi connectivity index (χ4v) is 3.29. The van der Waals surface area contributed by atoms with E-state index in [-0.39, 0.29) is 0 Å². The van der Waals surface area contributed by atoms with Crippen molar-refractivity contribution >= 4 is 27.6 Å². The lowest BCUT2D eigenvalue weighted by atomic mass is 10.4. The number of fused-ring (bicyclic) bond motifs is 1. The summed E-state index contributed by atoms with van der Waals surface area (Å²) in [6.45, 7) is 0. The van der Waals surface area contributed by atoms with Crippen LogP contribution in [-0.4, -0.2) is 19.8 Å². The second kappa shape index (κ2) is 3.11. The second-order valence-corrected chi connectivity index (χ2v) is 5.68. The third-order valence-corrected chi connectivity index (χ3v) is 4.36. The first kappa shape index (κ1) is 8.83. The van der Waals surface area contributed by atoms with Gasteiger partial charge in [0, 0.05) is 16.9 Å². The van der Waals surface area contributed by atoms with Crippen LogP contribution in [0.25, 0.3) is 15.5 Å². The van der Waals surface area contributed by atoms with Gasteiger partial charge in [-0.25, -0.2) is 0 Å². The Balaban J connectivity index is 1.90. The molecule has 0 unspecified atom stereocenters. The Hall–Kier alpha value is -1.27. The average molecular weight is 248 g/mol. The molecule has 0 amide bonds. The first-order chi connectivity index (χ1) is 7.92. The molecule has 6 heteroatoms. The summed E-state index contributed by atoms with van der Waals surface area (Å²) in [5.41, 5.74) is 1.18. The van der Waals surface area contributed by atoms with Gasteiger partial charge < -0.3 is 0 Å². The molecule has 4 nitrogen and oxygen atoms in total. The average Bonchev–Trinajstić information content (AvgIpc) is 2.76. The summed E-state index contributed by atoms with van der Waals surface area (Å²) in [5, 5.41) is 18.2. The van der Waals surface area contributed by atoms with Gasteiger partial charge in [0.1, 0.15) is 5.01 Å². The molecule has 1 fully saturated rings. The highest BCUT2D eigenvalue weighted by Crippen LogP contribution is 2.39. The van der Waals surface area contributed by atoms with Crippen molar-refractivity contribution in [2.75, 3.05) is 0 Å². The van der Waals surface area contributed by atoms with Gasteiger partial charge in [0.2, 0.25) is 4.96 Å². The highest BCUT2D eigenvalue weighted by molar-refractivity contribution is 7.20. The van der Waals surface area contributed by atoms with E-state index in [0.717, 1.165) is 15.8 Å². The molecule has 1 aliphatic rings. The molecule has 0 N–H and O–H groups in total. The van der Waals surface area contributed by atoms with Gasteiger partial charge in [-0.05, 0) is 24.3 Å². The maximum atomic E-state index is 4.59. The van der Waals surface area contributed by atoms with Gasteiger partial charge in [-0.1, -0.05) is 11.3 Å². The number of hydrogen-bond acceptors (Lipinski definition) is 5. The zero-order valence-corrected chi connectivity index (χ0v) is 9.96. The van der Waals surface area contributed by atoms with Crippen molar-refractivity contribution in [3.8, 4) is 10.6 Å². The Bertz CT molecular complexity index is 633. The van der Waals surface area contributed by atoms with Crippen LogP contribution in [0.4, 0.5) is 0 Å². The summed E-state index contributed by atoms with van der Waals surface area (Å²) >= 11 is 3.30. The van der Waals surface area contributed by atoms with Crippen LogP contribution in [0.2, 0.25) is 0 Å². The molecular weight excluding hydrogens is 240 g/mol. The molecule has 16 heavy (non-hydrogen) atoms. The molecule has 3 heterocycles. The molecule has 0 aliphatic heterocycles. The molecule has 0 radical (unpaired) electrons. The van der Waals surface area contributed by atoms with E-state index in [4.69, 9.17) is 0 Å². The van der Waals surface area contributed by atoms with Gasteiger partial charge in [0.15, 0.2) is 5.82 Å². The summed E-state index contributed by atoms with van der Waals surface area (Å²) in [4.78, 5) is 0.906. The molecule has 3 aromatic rings. The van der Waals surface area contributed by atoms with Gasteiger partial charge in [-0.3, -0.25) is 0 Å². The normalized spacial score (nSPS) is 16.0. The lowest BCUT2D eigenvalue weighted by Crippen LogP contribution is -1.92. The van der Waals surface area contributed by atoms with E-state index in [1.165, 1.54) is 18.4 Å². The van der Waals surface area contributed by atoms with Crippen LogP contribution < -0.4 is 0 Å². The Labute approximate surface area is 99.6 Å². The molecule has 80 valence electrons. The lowest BCUT2D eigenvalue weighted by molar-refractivity contribution is 0.828. The van der Waals surface area contributed by atoms with Crippen LogP contribution in [0, 0.1) is 0 Å². The van der Waals surface area contributed by atoms with E-state index in [2.05, 4.69) is 32.1 Å². The summed E-state index contributed by atoms with van der Waals surface area (Å²) in [6, 6.07) is 2.09. The van der Waals surface area contributed by atoms with E-state index < -0.39 is 0 Å². The SMILES string of the molecule is c1cc(-c2nn3c(C4CC4)nnc3s2)cs1.